The van der Waals surface area contributed by atoms with Gasteiger partial charge < -0.3 is 15.5 Å². The molecular weight excluding hydrogens is 230 g/mol. The molecule has 0 heterocycles. The van der Waals surface area contributed by atoms with Gasteiger partial charge in [-0.25, -0.2) is 0 Å². The third-order valence-corrected chi connectivity index (χ3v) is 2.99. The number of rotatable bonds is 5. The summed E-state index contributed by atoms with van der Waals surface area (Å²) in [4.78, 5) is 4.83. The standard InChI is InChI=1S/C13H21N3S/c1-10-6-5-7-11(13(14)17)12(10)16(4)9-8-15(2)3/h5-7H,8-9H2,1-4H3,(H2,14,17). The molecule has 0 unspecified atom stereocenters. The zero-order valence-electron chi connectivity index (χ0n) is 11.0. The molecule has 4 heteroatoms. The molecule has 0 aliphatic heterocycles. The fourth-order valence-electron chi connectivity index (χ4n) is 1.83. The fourth-order valence-corrected chi connectivity index (χ4v) is 1.99. The molecule has 1 aromatic carbocycles. The van der Waals surface area contributed by atoms with Crippen LogP contribution >= 0.6 is 12.2 Å². The predicted octanol–water partition coefficient (Wildman–Crippen LogP) is 1.63. The lowest BCUT2D eigenvalue weighted by molar-refractivity contribution is 0.416. The average Bonchev–Trinajstić information content (AvgIpc) is 2.25. The van der Waals surface area contributed by atoms with Crippen LogP contribution in [0.25, 0.3) is 0 Å². The highest BCUT2D eigenvalue weighted by Gasteiger charge is 2.12. The summed E-state index contributed by atoms with van der Waals surface area (Å²) in [5, 5.41) is 0. The first kappa shape index (κ1) is 13.9. The summed E-state index contributed by atoms with van der Waals surface area (Å²) < 4.78 is 0. The van der Waals surface area contributed by atoms with E-state index in [0.717, 1.165) is 24.3 Å². The number of likely N-dealkylation sites (N-methyl/N-ethyl adjacent to an activating group) is 2. The molecule has 0 aliphatic rings. The smallest absolute Gasteiger partial charge is 0.106 e. The van der Waals surface area contributed by atoms with Gasteiger partial charge in [0.1, 0.15) is 4.99 Å². The van der Waals surface area contributed by atoms with Gasteiger partial charge in [-0.3, -0.25) is 0 Å². The first-order valence-corrected chi connectivity index (χ1v) is 6.09. The average molecular weight is 251 g/mol. The van der Waals surface area contributed by atoms with Crippen molar-refractivity contribution in [1.82, 2.24) is 4.90 Å². The molecule has 0 aliphatic carbocycles. The van der Waals surface area contributed by atoms with Crippen molar-refractivity contribution in [2.24, 2.45) is 5.73 Å². The first-order chi connectivity index (χ1) is 7.93. The summed E-state index contributed by atoms with van der Waals surface area (Å²) in [5.74, 6) is 0. The van der Waals surface area contributed by atoms with Crippen LogP contribution in [0, 0.1) is 6.92 Å². The molecule has 2 N–H and O–H groups in total. The maximum Gasteiger partial charge on any atom is 0.106 e. The monoisotopic (exact) mass is 251 g/mol. The van der Waals surface area contributed by atoms with E-state index in [1.54, 1.807) is 0 Å². The van der Waals surface area contributed by atoms with Gasteiger partial charge in [0.2, 0.25) is 0 Å². The first-order valence-electron chi connectivity index (χ1n) is 5.68. The van der Waals surface area contributed by atoms with Crippen LogP contribution < -0.4 is 10.6 Å². The summed E-state index contributed by atoms with van der Waals surface area (Å²) in [6, 6.07) is 6.06. The van der Waals surface area contributed by atoms with Crippen LogP contribution in [0.1, 0.15) is 11.1 Å². The molecule has 0 atom stereocenters. The second kappa shape index (κ2) is 5.98. The number of nitrogens with two attached hydrogens (primary N) is 1. The van der Waals surface area contributed by atoms with Gasteiger partial charge in [-0.15, -0.1) is 0 Å². The molecule has 3 nitrogen and oxygen atoms in total. The van der Waals surface area contributed by atoms with Gasteiger partial charge in [0.25, 0.3) is 0 Å². The third-order valence-electron chi connectivity index (χ3n) is 2.77. The molecule has 0 amide bonds. The Morgan fingerprint density at radius 3 is 2.41 bits per heavy atom. The SMILES string of the molecule is Cc1cccc(C(N)=S)c1N(C)CCN(C)C. The predicted molar refractivity (Wildman–Crippen MR) is 78.9 cm³/mol. The largest absolute Gasteiger partial charge is 0.389 e. The second-order valence-corrected chi connectivity index (χ2v) is 5.00. The van der Waals surface area contributed by atoms with Gasteiger partial charge in [0.05, 0.1) is 0 Å². The van der Waals surface area contributed by atoms with E-state index in [-0.39, 0.29) is 0 Å². The van der Waals surface area contributed by atoms with Gasteiger partial charge >= 0.3 is 0 Å². The van der Waals surface area contributed by atoms with Crippen LogP contribution in [0.2, 0.25) is 0 Å². The number of para-hydroxylation sites is 1. The van der Waals surface area contributed by atoms with E-state index < -0.39 is 0 Å². The quantitative estimate of drug-likeness (QED) is 0.806. The van der Waals surface area contributed by atoms with E-state index in [0.29, 0.717) is 4.99 Å². The normalized spacial score (nSPS) is 10.6. The highest BCUT2D eigenvalue weighted by Crippen LogP contribution is 2.23. The molecular formula is C13H21N3S. The van der Waals surface area contributed by atoms with E-state index in [4.69, 9.17) is 18.0 Å². The summed E-state index contributed by atoms with van der Waals surface area (Å²) in [7, 11) is 6.22. The molecule has 1 aromatic rings. The van der Waals surface area contributed by atoms with Crippen molar-refractivity contribution in [3.8, 4) is 0 Å². The van der Waals surface area contributed by atoms with Gasteiger partial charge in [0.15, 0.2) is 0 Å². The maximum absolute atomic E-state index is 5.77. The Morgan fingerprint density at radius 1 is 1.24 bits per heavy atom. The van der Waals surface area contributed by atoms with Gasteiger partial charge in [-0.2, -0.15) is 0 Å². The molecule has 0 saturated heterocycles. The summed E-state index contributed by atoms with van der Waals surface area (Å²) >= 11 is 5.10. The van der Waals surface area contributed by atoms with Crippen LogP contribution in [-0.4, -0.2) is 44.1 Å². The van der Waals surface area contributed by atoms with Crippen molar-refractivity contribution >= 4 is 22.9 Å². The van der Waals surface area contributed by atoms with E-state index in [1.165, 1.54) is 5.56 Å². The lowest BCUT2D eigenvalue weighted by Crippen LogP contribution is -2.30. The topological polar surface area (TPSA) is 32.5 Å². The maximum atomic E-state index is 5.77. The number of thiocarbonyl (C=S) groups is 1. The number of aryl methyl sites for hydroxylation is 1. The Balaban J connectivity index is 2.98. The minimum absolute atomic E-state index is 0.459. The van der Waals surface area contributed by atoms with Crippen molar-refractivity contribution in [2.75, 3.05) is 39.1 Å². The number of hydrogen-bond donors (Lipinski definition) is 1. The molecule has 0 saturated carbocycles. The highest BCUT2D eigenvalue weighted by molar-refractivity contribution is 7.80. The van der Waals surface area contributed by atoms with Crippen LogP contribution in [0.3, 0.4) is 0 Å². The lowest BCUT2D eigenvalue weighted by Gasteiger charge is -2.25. The van der Waals surface area contributed by atoms with Crippen LogP contribution in [0.15, 0.2) is 18.2 Å². The van der Waals surface area contributed by atoms with E-state index in [2.05, 4.69) is 43.9 Å². The van der Waals surface area contributed by atoms with Crippen LogP contribution in [0.4, 0.5) is 5.69 Å². The van der Waals surface area contributed by atoms with Gasteiger partial charge in [-0.1, -0.05) is 24.4 Å². The molecule has 0 fully saturated rings. The van der Waals surface area contributed by atoms with E-state index in [1.807, 2.05) is 12.1 Å². The van der Waals surface area contributed by atoms with E-state index in [9.17, 15) is 0 Å². The molecule has 94 valence electrons. The lowest BCUT2D eigenvalue weighted by atomic mass is 10.1. The number of nitrogens with zero attached hydrogens (tertiary/aromatic N) is 2. The third kappa shape index (κ3) is 3.68. The van der Waals surface area contributed by atoms with Crippen molar-refractivity contribution in [3.63, 3.8) is 0 Å². The molecule has 0 radical (unpaired) electrons. The Hall–Kier alpha value is -1.13. The second-order valence-electron chi connectivity index (χ2n) is 4.56. The van der Waals surface area contributed by atoms with Gasteiger partial charge in [0, 0.05) is 31.4 Å². The van der Waals surface area contributed by atoms with Crippen LogP contribution in [0.5, 0.6) is 0 Å². The molecule has 0 aromatic heterocycles. The number of benzene rings is 1. The molecule has 0 spiro atoms. The minimum Gasteiger partial charge on any atom is -0.389 e. The Bertz CT molecular complexity index is 402. The van der Waals surface area contributed by atoms with Crippen molar-refractivity contribution in [2.45, 2.75) is 6.92 Å². The zero-order valence-corrected chi connectivity index (χ0v) is 11.8. The highest BCUT2D eigenvalue weighted by atomic mass is 32.1. The fraction of sp³-hybridized carbons (Fsp3) is 0.462. The summed E-state index contributed by atoms with van der Waals surface area (Å²) in [6.45, 7) is 4.04. The zero-order chi connectivity index (χ0) is 13.0. The van der Waals surface area contributed by atoms with Crippen molar-refractivity contribution in [1.29, 1.82) is 0 Å². The Labute approximate surface area is 109 Å². The minimum atomic E-state index is 0.459. The van der Waals surface area contributed by atoms with Crippen molar-refractivity contribution < 1.29 is 0 Å². The summed E-state index contributed by atoms with van der Waals surface area (Å²) in [6.07, 6.45) is 0. The van der Waals surface area contributed by atoms with Crippen LogP contribution in [-0.2, 0) is 0 Å². The molecule has 1 rings (SSSR count). The van der Waals surface area contributed by atoms with E-state index >= 15 is 0 Å². The number of hydrogen-bond acceptors (Lipinski definition) is 3. The van der Waals surface area contributed by atoms with Crippen molar-refractivity contribution in [3.05, 3.63) is 29.3 Å². The summed E-state index contributed by atoms with van der Waals surface area (Å²) in [5.41, 5.74) is 9.08. The Kier molecular flexibility index (Phi) is 4.90. The molecule has 0 bridgehead atoms. The van der Waals surface area contributed by atoms with Gasteiger partial charge in [-0.05, 0) is 32.6 Å². The number of anilines is 1. The Morgan fingerprint density at radius 2 is 1.88 bits per heavy atom. The molecule has 17 heavy (non-hydrogen) atoms.